The van der Waals surface area contributed by atoms with Crippen LogP contribution in [0, 0.1) is 0 Å². The number of halogens is 1. The first-order valence-corrected chi connectivity index (χ1v) is 5.93. The van der Waals surface area contributed by atoms with Gasteiger partial charge in [-0.1, -0.05) is 15.9 Å². The van der Waals surface area contributed by atoms with E-state index in [0.717, 1.165) is 4.47 Å². The first kappa shape index (κ1) is 13.2. The number of esters is 1. The Bertz CT molecular complexity index is 333. The first-order chi connectivity index (χ1) is 7.59. The standard InChI is InChI=1S/C12H15BrO3/c1-9(2)15-7-8-16-12(14)10-3-5-11(13)6-4-10/h3-6,9H,7-8H2,1-2H3. The van der Waals surface area contributed by atoms with Crippen molar-refractivity contribution < 1.29 is 14.3 Å². The largest absolute Gasteiger partial charge is 0.460 e. The third-order valence-electron chi connectivity index (χ3n) is 1.85. The van der Waals surface area contributed by atoms with Crippen molar-refractivity contribution in [2.45, 2.75) is 20.0 Å². The molecular weight excluding hydrogens is 272 g/mol. The quantitative estimate of drug-likeness (QED) is 0.617. The molecule has 0 radical (unpaired) electrons. The van der Waals surface area contributed by atoms with Gasteiger partial charge in [0.25, 0.3) is 0 Å². The van der Waals surface area contributed by atoms with Gasteiger partial charge >= 0.3 is 5.97 Å². The molecule has 0 saturated carbocycles. The molecule has 0 aliphatic heterocycles. The van der Waals surface area contributed by atoms with Gasteiger partial charge in [0.15, 0.2) is 0 Å². The van der Waals surface area contributed by atoms with Gasteiger partial charge in [-0.2, -0.15) is 0 Å². The van der Waals surface area contributed by atoms with Crippen molar-refractivity contribution in [1.29, 1.82) is 0 Å². The van der Waals surface area contributed by atoms with Crippen LogP contribution < -0.4 is 0 Å². The van der Waals surface area contributed by atoms with E-state index in [4.69, 9.17) is 9.47 Å². The highest BCUT2D eigenvalue weighted by Crippen LogP contribution is 2.11. The van der Waals surface area contributed by atoms with E-state index in [2.05, 4.69) is 15.9 Å². The summed E-state index contributed by atoms with van der Waals surface area (Å²) in [5, 5.41) is 0. The summed E-state index contributed by atoms with van der Waals surface area (Å²) in [6, 6.07) is 7.05. The van der Waals surface area contributed by atoms with Crippen LogP contribution in [0.2, 0.25) is 0 Å². The minimum absolute atomic E-state index is 0.159. The van der Waals surface area contributed by atoms with Crippen LogP contribution in [0.3, 0.4) is 0 Å². The summed E-state index contributed by atoms with van der Waals surface area (Å²) in [7, 11) is 0. The van der Waals surface area contributed by atoms with Gasteiger partial charge in [0.05, 0.1) is 18.3 Å². The van der Waals surface area contributed by atoms with E-state index in [9.17, 15) is 4.79 Å². The van der Waals surface area contributed by atoms with Crippen LogP contribution in [-0.4, -0.2) is 25.3 Å². The molecule has 1 aromatic carbocycles. The predicted molar refractivity (Wildman–Crippen MR) is 65.5 cm³/mol. The number of hydrogen-bond donors (Lipinski definition) is 0. The maximum absolute atomic E-state index is 11.5. The van der Waals surface area contributed by atoms with Crippen molar-refractivity contribution in [1.82, 2.24) is 0 Å². The zero-order valence-electron chi connectivity index (χ0n) is 9.40. The summed E-state index contributed by atoms with van der Waals surface area (Å²) in [5.41, 5.74) is 0.549. The van der Waals surface area contributed by atoms with Crippen molar-refractivity contribution in [3.05, 3.63) is 34.3 Å². The van der Waals surface area contributed by atoms with E-state index < -0.39 is 0 Å². The van der Waals surface area contributed by atoms with Crippen LogP contribution in [0.4, 0.5) is 0 Å². The maximum Gasteiger partial charge on any atom is 0.338 e. The lowest BCUT2D eigenvalue weighted by atomic mass is 10.2. The maximum atomic E-state index is 11.5. The summed E-state index contributed by atoms with van der Waals surface area (Å²) in [6.07, 6.45) is 0.159. The molecule has 0 heterocycles. The molecule has 0 aromatic heterocycles. The van der Waals surface area contributed by atoms with Gasteiger partial charge in [0.1, 0.15) is 6.61 Å². The third kappa shape index (κ3) is 4.77. The summed E-state index contributed by atoms with van der Waals surface area (Å²) in [4.78, 5) is 11.5. The number of ether oxygens (including phenoxy) is 2. The molecule has 88 valence electrons. The van der Waals surface area contributed by atoms with Crippen LogP contribution in [-0.2, 0) is 9.47 Å². The number of benzene rings is 1. The smallest absolute Gasteiger partial charge is 0.338 e. The molecule has 4 heteroatoms. The Hall–Kier alpha value is -0.870. The van der Waals surface area contributed by atoms with Gasteiger partial charge in [-0.05, 0) is 38.1 Å². The molecule has 0 N–H and O–H groups in total. The third-order valence-corrected chi connectivity index (χ3v) is 2.38. The Morgan fingerprint density at radius 3 is 2.44 bits per heavy atom. The molecule has 0 bridgehead atoms. The van der Waals surface area contributed by atoms with E-state index >= 15 is 0 Å². The molecule has 0 saturated heterocycles. The van der Waals surface area contributed by atoms with Crippen LogP contribution in [0.1, 0.15) is 24.2 Å². The lowest BCUT2D eigenvalue weighted by Crippen LogP contribution is -2.13. The van der Waals surface area contributed by atoms with Gasteiger partial charge in [-0.15, -0.1) is 0 Å². The van der Waals surface area contributed by atoms with Gasteiger partial charge in [-0.25, -0.2) is 4.79 Å². The molecule has 0 aliphatic carbocycles. The number of rotatable bonds is 5. The Morgan fingerprint density at radius 2 is 1.88 bits per heavy atom. The van der Waals surface area contributed by atoms with E-state index in [-0.39, 0.29) is 18.7 Å². The second-order valence-electron chi connectivity index (χ2n) is 3.56. The van der Waals surface area contributed by atoms with E-state index in [1.807, 2.05) is 13.8 Å². The Morgan fingerprint density at radius 1 is 1.25 bits per heavy atom. The van der Waals surface area contributed by atoms with Gasteiger partial charge in [0.2, 0.25) is 0 Å². The monoisotopic (exact) mass is 286 g/mol. The fourth-order valence-corrected chi connectivity index (χ4v) is 1.35. The Labute approximate surface area is 104 Å². The molecule has 0 spiro atoms. The number of hydrogen-bond acceptors (Lipinski definition) is 3. The number of carbonyl (C=O) groups excluding carboxylic acids is 1. The van der Waals surface area contributed by atoms with Gasteiger partial charge in [0, 0.05) is 4.47 Å². The molecule has 3 nitrogen and oxygen atoms in total. The zero-order valence-corrected chi connectivity index (χ0v) is 11.0. The lowest BCUT2D eigenvalue weighted by Gasteiger charge is -2.08. The molecule has 16 heavy (non-hydrogen) atoms. The molecule has 0 unspecified atom stereocenters. The summed E-state index contributed by atoms with van der Waals surface area (Å²) >= 11 is 3.30. The average Bonchev–Trinajstić information content (AvgIpc) is 2.25. The summed E-state index contributed by atoms with van der Waals surface area (Å²) < 4.78 is 11.2. The van der Waals surface area contributed by atoms with Crippen molar-refractivity contribution in [3.8, 4) is 0 Å². The summed E-state index contributed by atoms with van der Waals surface area (Å²) in [5.74, 6) is -0.320. The van der Waals surface area contributed by atoms with Crippen LogP contribution >= 0.6 is 15.9 Å². The van der Waals surface area contributed by atoms with Crippen LogP contribution in [0.15, 0.2) is 28.7 Å². The van der Waals surface area contributed by atoms with Crippen molar-refractivity contribution >= 4 is 21.9 Å². The molecule has 1 aromatic rings. The molecule has 0 amide bonds. The number of carbonyl (C=O) groups is 1. The van der Waals surface area contributed by atoms with Crippen molar-refractivity contribution in [2.24, 2.45) is 0 Å². The van der Waals surface area contributed by atoms with Crippen LogP contribution in [0.25, 0.3) is 0 Å². The van der Waals surface area contributed by atoms with Gasteiger partial charge < -0.3 is 9.47 Å². The first-order valence-electron chi connectivity index (χ1n) is 5.14. The van der Waals surface area contributed by atoms with Crippen molar-refractivity contribution in [2.75, 3.05) is 13.2 Å². The molecule has 0 fully saturated rings. The molecular formula is C12H15BrO3. The minimum Gasteiger partial charge on any atom is -0.460 e. The predicted octanol–water partition coefficient (Wildman–Crippen LogP) is 3.03. The minimum atomic E-state index is -0.320. The lowest BCUT2D eigenvalue weighted by molar-refractivity contribution is 0.0177. The SMILES string of the molecule is CC(C)OCCOC(=O)c1ccc(Br)cc1. The fourth-order valence-electron chi connectivity index (χ4n) is 1.09. The van der Waals surface area contributed by atoms with Crippen LogP contribution in [0.5, 0.6) is 0 Å². The Balaban J connectivity index is 2.32. The van der Waals surface area contributed by atoms with E-state index in [1.54, 1.807) is 24.3 Å². The zero-order chi connectivity index (χ0) is 12.0. The van der Waals surface area contributed by atoms with E-state index in [0.29, 0.717) is 12.2 Å². The molecule has 0 atom stereocenters. The highest BCUT2D eigenvalue weighted by atomic mass is 79.9. The molecule has 0 aliphatic rings. The average molecular weight is 287 g/mol. The van der Waals surface area contributed by atoms with E-state index in [1.165, 1.54) is 0 Å². The van der Waals surface area contributed by atoms with Gasteiger partial charge in [-0.3, -0.25) is 0 Å². The summed E-state index contributed by atoms with van der Waals surface area (Å²) in [6.45, 7) is 4.60. The Kier molecular flexibility index (Phi) is 5.49. The fraction of sp³-hybridized carbons (Fsp3) is 0.417. The highest BCUT2D eigenvalue weighted by Gasteiger charge is 2.06. The second kappa shape index (κ2) is 6.66. The molecule has 1 rings (SSSR count). The normalized spacial score (nSPS) is 10.5. The topological polar surface area (TPSA) is 35.5 Å². The second-order valence-corrected chi connectivity index (χ2v) is 4.48. The van der Waals surface area contributed by atoms with Crippen molar-refractivity contribution in [3.63, 3.8) is 0 Å². The highest BCUT2D eigenvalue weighted by molar-refractivity contribution is 9.10.